The first-order valence-electron chi connectivity index (χ1n) is 8.42. The number of nitrogens with one attached hydrogen (secondary N) is 2. The highest BCUT2D eigenvalue weighted by Gasteiger charge is 2.20. The fraction of sp³-hybridized carbons (Fsp3) is 0.500. The molecule has 1 unspecified atom stereocenters. The molecule has 6 nitrogen and oxygen atoms in total. The van der Waals surface area contributed by atoms with Crippen LogP contribution in [0.2, 0.25) is 0 Å². The number of carbonyl (C=O) groups is 3. The van der Waals surface area contributed by atoms with Crippen molar-refractivity contribution in [3.05, 3.63) is 29.8 Å². The molecule has 0 bridgehead atoms. The minimum absolute atomic E-state index is 0.0357. The molecule has 0 heterocycles. The van der Waals surface area contributed by atoms with Crippen LogP contribution in [-0.4, -0.2) is 28.9 Å². The van der Waals surface area contributed by atoms with Crippen LogP contribution in [0.15, 0.2) is 24.3 Å². The van der Waals surface area contributed by atoms with Gasteiger partial charge in [-0.05, 0) is 44.0 Å². The normalized spacial score (nSPS) is 16.7. The van der Waals surface area contributed by atoms with Crippen LogP contribution in [0.4, 0.5) is 5.69 Å². The van der Waals surface area contributed by atoms with Gasteiger partial charge in [-0.15, -0.1) is 0 Å². The first-order valence-corrected chi connectivity index (χ1v) is 8.42. The molecule has 1 fully saturated rings. The van der Waals surface area contributed by atoms with Crippen molar-refractivity contribution in [2.75, 3.05) is 5.32 Å². The van der Waals surface area contributed by atoms with Gasteiger partial charge in [0.1, 0.15) is 6.04 Å². The molecule has 1 aliphatic carbocycles. The van der Waals surface area contributed by atoms with Crippen molar-refractivity contribution < 1.29 is 19.5 Å². The van der Waals surface area contributed by atoms with Crippen molar-refractivity contribution >= 4 is 23.5 Å². The van der Waals surface area contributed by atoms with E-state index < -0.39 is 17.9 Å². The molecule has 24 heavy (non-hydrogen) atoms. The number of anilines is 1. The highest BCUT2D eigenvalue weighted by Crippen LogP contribution is 2.24. The lowest BCUT2D eigenvalue weighted by atomic mass is 9.99. The van der Waals surface area contributed by atoms with Crippen LogP contribution in [0.1, 0.15) is 55.8 Å². The number of hydrogen-bond donors (Lipinski definition) is 3. The van der Waals surface area contributed by atoms with E-state index >= 15 is 0 Å². The fourth-order valence-corrected chi connectivity index (χ4v) is 2.83. The minimum atomic E-state index is -1.09. The molecule has 2 rings (SSSR count). The Morgan fingerprint density at radius 1 is 1.04 bits per heavy atom. The van der Waals surface area contributed by atoms with Gasteiger partial charge in [0.15, 0.2) is 0 Å². The van der Waals surface area contributed by atoms with Gasteiger partial charge >= 0.3 is 5.97 Å². The summed E-state index contributed by atoms with van der Waals surface area (Å²) in [4.78, 5) is 35.0. The number of aliphatic carboxylic acids is 1. The Kier molecular flexibility index (Phi) is 6.35. The Labute approximate surface area is 141 Å². The predicted molar refractivity (Wildman–Crippen MR) is 90.8 cm³/mol. The lowest BCUT2D eigenvalue weighted by molar-refractivity contribution is -0.138. The summed E-state index contributed by atoms with van der Waals surface area (Å²) in [6.45, 7) is 1.40. The predicted octanol–water partition coefficient (Wildman–Crippen LogP) is 2.80. The molecule has 6 heteroatoms. The molecule has 0 spiro atoms. The quantitative estimate of drug-likeness (QED) is 0.723. The Morgan fingerprint density at radius 2 is 1.62 bits per heavy atom. The molecule has 1 aliphatic rings. The van der Waals surface area contributed by atoms with Crippen LogP contribution in [0.25, 0.3) is 0 Å². The standard InChI is InChI=1S/C18H24N2O4/c1-12(18(23)24)19-16(21)14-8-10-15(11-9-14)20-17(22)13-6-4-2-3-5-7-13/h8-13H,2-7H2,1H3,(H,19,21)(H,20,22)(H,23,24). The van der Waals surface area contributed by atoms with E-state index in [0.717, 1.165) is 25.7 Å². The highest BCUT2D eigenvalue weighted by molar-refractivity contribution is 5.97. The van der Waals surface area contributed by atoms with Crippen molar-refractivity contribution in [3.8, 4) is 0 Å². The zero-order chi connectivity index (χ0) is 17.5. The van der Waals surface area contributed by atoms with E-state index in [0.29, 0.717) is 11.3 Å². The Hall–Kier alpha value is -2.37. The lowest BCUT2D eigenvalue weighted by Crippen LogP contribution is -2.38. The van der Waals surface area contributed by atoms with E-state index in [1.54, 1.807) is 24.3 Å². The molecule has 1 aromatic rings. The summed E-state index contributed by atoms with van der Waals surface area (Å²) in [5.74, 6) is -1.44. The van der Waals surface area contributed by atoms with Crippen molar-refractivity contribution in [2.45, 2.75) is 51.5 Å². The van der Waals surface area contributed by atoms with Gasteiger partial charge in [-0.3, -0.25) is 14.4 Å². The van der Waals surface area contributed by atoms with Crippen LogP contribution < -0.4 is 10.6 Å². The minimum Gasteiger partial charge on any atom is -0.480 e. The third-order valence-electron chi connectivity index (χ3n) is 4.36. The number of benzene rings is 1. The maximum atomic E-state index is 12.3. The molecule has 3 N–H and O–H groups in total. The van der Waals surface area contributed by atoms with Crippen molar-refractivity contribution in [2.24, 2.45) is 5.92 Å². The van der Waals surface area contributed by atoms with Crippen LogP contribution in [0, 0.1) is 5.92 Å². The zero-order valence-corrected chi connectivity index (χ0v) is 13.9. The smallest absolute Gasteiger partial charge is 0.325 e. The van der Waals surface area contributed by atoms with E-state index in [9.17, 15) is 14.4 Å². The third kappa shape index (κ3) is 5.08. The second-order valence-corrected chi connectivity index (χ2v) is 6.29. The first-order chi connectivity index (χ1) is 11.5. The Morgan fingerprint density at radius 3 is 2.17 bits per heavy atom. The molecular formula is C18H24N2O4. The largest absolute Gasteiger partial charge is 0.480 e. The first kappa shape index (κ1) is 18.0. The number of hydrogen-bond acceptors (Lipinski definition) is 3. The van der Waals surface area contributed by atoms with Crippen LogP contribution in [0.3, 0.4) is 0 Å². The number of carbonyl (C=O) groups excluding carboxylic acids is 2. The molecule has 1 saturated carbocycles. The van der Waals surface area contributed by atoms with E-state index in [-0.39, 0.29) is 11.8 Å². The number of carboxylic acids is 1. The van der Waals surface area contributed by atoms with Crippen molar-refractivity contribution in [3.63, 3.8) is 0 Å². The van der Waals surface area contributed by atoms with Gasteiger partial charge in [-0.2, -0.15) is 0 Å². The molecule has 1 aromatic carbocycles. The second-order valence-electron chi connectivity index (χ2n) is 6.29. The van der Waals surface area contributed by atoms with Crippen molar-refractivity contribution in [1.82, 2.24) is 5.32 Å². The SMILES string of the molecule is CC(NC(=O)c1ccc(NC(=O)C2CCCCCC2)cc1)C(=O)O. The molecule has 0 radical (unpaired) electrons. The third-order valence-corrected chi connectivity index (χ3v) is 4.36. The lowest BCUT2D eigenvalue weighted by Gasteiger charge is -2.14. The molecular weight excluding hydrogens is 308 g/mol. The van der Waals surface area contributed by atoms with E-state index in [4.69, 9.17) is 5.11 Å². The molecule has 2 amide bonds. The average molecular weight is 332 g/mol. The number of rotatable bonds is 5. The molecule has 1 atom stereocenters. The molecule has 0 aliphatic heterocycles. The summed E-state index contributed by atoms with van der Waals surface area (Å²) in [6.07, 6.45) is 6.45. The summed E-state index contributed by atoms with van der Waals surface area (Å²) in [6, 6.07) is 5.52. The fourth-order valence-electron chi connectivity index (χ4n) is 2.83. The zero-order valence-electron chi connectivity index (χ0n) is 13.9. The Bertz CT molecular complexity index is 590. The van der Waals surface area contributed by atoms with E-state index in [2.05, 4.69) is 10.6 Å². The summed E-state index contributed by atoms with van der Waals surface area (Å²) in [7, 11) is 0. The second kappa shape index (κ2) is 8.47. The average Bonchev–Trinajstić information content (AvgIpc) is 2.84. The molecule has 0 saturated heterocycles. The summed E-state index contributed by atoms with van der Waals surface area (Å²) in [5, 5.41) is 14.1. The van der Waals surface area contributed by atoms with Gasteiger partial charge in [0.2, 0.25) is 5.91 Å². The monoisotopic (exact) mass is 332 g/mol. The van der Waals surface area contributed by atoms with Crippen LogP contribution >= 0.6 is 0 Å². The summed E-state index contributed by atoms with van der Waals surface area (Å²) >= 11 is 0. The molecule has 0 aromatic heterocycles. The van der Waals surface area contributed by atoms with Gasteiger partial charge in [-0.25, -0.2) is 0 Å². The summed E-state index contributed by atoms with van der Waals surface area (Å²) in [5.41, 5.74) is 1.00. The number of amides is 2. The van der Waals surface area contributed by atoms with Gasteiger partial charge < -0.3 is 15.7 Å². The molecule has 130 valence electrons. The van der Waals surface area contributed by atoms with Crippen LogP contribution in [0.5, 0.6) is 0 Å². The van der Waals surface area contributed by atoms with Gasteiger partial charge in [0, 0.05) is 17.2 Å². The van der Waals surface area contributed by atoms with Gasteiger partial charge in [0.05, 0.1) is 0 Å². The maximum Gasteiger partial charge on any atom is 0.325 e. The van der Waals surface area contributed by atoms with Gasteiger partial charge in [0.25, 0.3) is 5.91 Å². The number of carboxylic acid groups (broad SMARTS) is 1. The highest BCUT2D eigenvalue weighted by atomic mass is 16.4. The summed E-state index contributed by atoms with van der Waals surface area (Å²) < 4.78 is 0. The maximum absolute atomic E-state index is 12.3. The topological polar surface area (TPSA) is 95.5 Å². The van der Waals surface area contributed by atoms with E-state index in [1.165, 1.54) is 19.8 Å². The van der Waals surface area contributed by atoms with Crippen LogP contribution in [-0.2, 0) is 9.59 Å². The van der Waals surface area contributed by atoms with Crippen molar-refractivity contribution in [1.29, 1.82) is 0 Å². The van der Waals surface area contributed by atoms with Gasteiger partial charge in [-0.1, -0.05) is 25.7 Å². The Balaban J connectivity index is 1.92. The van der Waals surface area contributed by atoms with E-state index in [1.807, 2.05) is 0 Å².